The van der Waals surface area contributed by atoms with Gasteiger partial charge in [0.1, 0.15) is 17.6 Å². The molecule has 3 nitrogen and oxygen atoms in total. The highest BCUT2D eigenvalue weighted by Crippen LogP contribution is 2.30. The molecule has 0 saturated carbocycles. The summed E-state index contributed by atoms with van der Waals surface area (Å²) in [6.07, 6.45) is 0. The maximum Gasteiger partial charge on any atom is 0.150 e. The molecule has 0 atom stereocenters. The van der Waals surface area contributed by atoms with Gasteiger partial charge in [-0.3, -0.25) is 0 Å². The van der Waals surface area contributed by atoms with E-state index in [1.54, 1.807) is 24.3 Å². The van der Waals surface area contributed by atoms with Crippen LogP contribution in [0.3, 0.4) is 0 Å². The summed E-state index contributed by atoms with van der Waals surface area (Å²) in [5.74, 6) is 1.08. The van der Waals surface area contributed by atoms with Crippen molar-refractivity contribution < 1.29 is 4.74 Å². The molecule has 0 heterocycles. The summed E-state index contributed by atoms with van der Waals surface area (Å²) in [4.78, 5) is 0. The van der Waals surface area contributed by atoms with E-state index in [4.69, 9.17) is 15.7 Å². The average Bonchev–Trinajstić information content (AvgIpc) is 2.33. The van der Waals surface area contributed by atoms with E-state index in [0.717, 1.165) is 3.57 Å². The van der Waals surface area contributed by atoms with E-state index in [9.17, 15) is 0 Å². The van der Waals surface area contributed by atoms with Crippen LogP contribution in [0.5, 0.6) is 11.5 Å². The first kappa shape index (κ1) is 11.7. The van der Waals surface area contributed by atoms with Crippen LogP contribution in [0.4, 0.5) is 5.69 Å². The van der Waals surface area contributed by atoms with Crippen molar-refractivity contribution in [2.45, 2.75) is 0 Å². The van der Waals surface area contributed by atoms with Crippen LogP contribution in [-0.4, -0.2) is 0 Å². The van der Waals surface area contributed by atoms with Crippen molar-refractivity contribution in [2.24, 2.45) is 0 Å². The minimum Gasteiger partial charge on any atom is -0.454 e. The summed E-state index contributed by atoms with van der Waals surface area (Å²) in [6, 6.07) is 14.7. The van der Waals surface area contributed by atoms with Crippen LogP contribution in [-0.2, 0) is 0 Å². The third-order valence-electron chi connectivity index (χ3n) is 2.20. The van der Waals surface area contributed by atoms with Gasteiger partial charge in [0, 0.05) is 3.57 Å². The van der Waals surface area contributed by atoms with Crippen LogP contribution in [0.2, 0.25) is 0 Å². The van der Waals surface area contributed by atoms with Crippen molar-refractivity contribution >= 4 is 28.3 Å². The third kappa shape index (κ3) is 2.68. The lowest BCUT2D eigenvalue weighted by Crippen LogP contribution is -1.94. The summed E-state index contributed by atoms with van der Waals surface area (Å²) in [7, 11) is 0. The molecule has 2 aromatic rings. The van der Waals surface area contributed by atoms with E-state index >= 15 is 0 Å². The number of para-hydroxylation sites is 1. The number of benzene rings is 2. The molecule has 2 rings (SSSR count). The first-order chi connectivity index (χ1) is 8.20. The fourth-order valence-corrected chi connectivity index (χ4v) is 1.89. The van der Waals surface area contributed by atoms with Gasteiger partial charge in [-0.1, -0.05) is 12.1 Å². The maximum absolute atomic E-state index is 8.95. The van der Waals surface area contributed by atoms with Gasteiger partial charge < -0.3 is 10.5 Å². The number of hydrogen-bond donors (Lipinski definition) is 1. The fourth-order valence-electron chi connectivity index (χ4n) is 1.38. The van der Waals surface area contributed by atoms with Crippen molar-refractivity contribution in [2.75, 3.05) is 5.73 Å². The molecule has 0 radical (unpaired) electrons. The highest BCUT2D eigenvalue weighted by Gasteiger charge is 2.06. The summed E-state index contributed by atoms with van der Waals surface area (Å²) in [5.41, 5.74) is 6.90. The van der Waals surface area contributed by atoms with Crippen LogP contribution in [0.15, 0.2) is 42.5 Å². The predicted molar refractivity (Wildman–Crippen MR) is 74.8 cm³/mol. The zero-order valence-corrected chi connectivity index (χ0v) is 11.0. The quantitative estimate of drug-likeness (QED) is 0.674. The fraction of sp³-hybridized carbons (Fsp3) is 0. The number of rotatable bonds is 2. The van der Waals surface area contributed by atoms with Crippen molar-refractivity contribution in [3.05, 3.63) is 51.6 Å². The number of anilines is 1. The smallest absolute Gasteiger partial charge is 0.150 e. The molecule has 0 aromatic heterocycles. The molecule has 2 aromatic carbocycles. The highest BCUT2D eigenvalue weighted by molar-refractivity contribution is 14.1. The molecule has 0 aliphatic rings. The Morgan fingerprint density at radius 1 is 1.12 bits per heavy atom. The van der Waals surface area contributed by atoms with Gasteiger partial charge in [-0.2, -0.15) is 5.26 Å². The van der Waals surface area contributed by atoms with Gasteiger partial charge in [-0.25, -0.2) is 0 Å². The summed E-state index contributed by atoms with van der Waals surface area (Å²) >= 11 is 2.18. The zero-order chi connectivity index (χ0) is 12.3. The van der Waals surface area contributed by atoms with Gasteiger partial charge in [-0.15, -0.1) is 0 Å². The van der Waals surface area contributed by atoms with Crippen LogP contribution < -0.4 is 10.5 Å². The standard InChI is InChI=1S/C13H9IN2O/c14-10-5-6-13(11(16)7-10)17-12-4-2-1-3-9(12)8-15/h1-7H,16H2. The van der Waals surface area contributed by atoms with E-state index < -0.39 is 0 Å². The molecular weight excluding hydrogens is 327 g/mol. The second-order valence-electron chi connectivity index (χ2n) is 3.39. The minimum absolute atomic E-state index is 0.491. The van der Waals surface area contributed by atoms with Gasteiger partial charge in [0.25, 0.3) is 0 Å². The number of nitrogens with zero attached hydrogens (tertiary/aromatic N) is 1. The molecule has 2 N–H and O–H groups in total. The molecule has 17 heavy (non-hydrogen) atoms. The second-order valence-corrected chi connectivity index (χ2v) is 4.64. The Hall–Kier alpha value is -1.74. The Bertz CT molecular complexity index is 590. The number of halogens is 1. The Labute approximate surface area is 113 Å². The normalized spacial score (nSPS) is 9.65. The van der Waals surface area contributed by atoms with Crippen LogP contribution in [0.1, 0.15) is 5.56 Å². The third-order valence-corrected chi connectivity index (χ3v) is 2.87. The molecule has 0 spiro atoms. The van der Waals surface area contributed by atoms with Gasteiger partial charge >= 0.3 is 0 Å². The topological polar surface area (TPSA) is 59.0 Å². The number of nitrogens with two attached hydrogens (primary N) is 1. The monoisotopic (exact) mass is 336 g/mol. The summed E-state index contributed by atoms with van der Waals surface area (Å²) < 4.78 is 6.68. The van der Waals surface area contributed by atoms with Crippen molar-refractivity contribution in [1.82, 2.24) is 0 Å². The zero-order valence-electron chi connectivity index (χ0n) is 8.85. The van der Waals surface area contributed by atoms with E-state index in [1.165, 1.54) is 0 Å². The Morgan fingerprint density at radius 2 is 1.88 bits per heavy atom. The van der Waals surface area contributed by atoms with Gasteiger partial charge in [-0.05, 0) is 52.9 Å². The lowest BCUT2D eigenvalue weighted by molar-refractivity contribution is 0.483. The van der Waals surface area contributed by atoms with E-state index in [1.807, 2.05) is 18.2 Å². The van der Waals surface area contributed by atoms with Gasteiger partial charge in [0.05, 0.1) is 11.3 Å². The average molecular weight is 336 g/mol. The molecule has 0 bridgehead atoms. The molecule has 0 saturated heterocycles. The summed E-state index contributed by atoms with van der Waals surface area (Å²) in [6.45, 7) is 0. The highest BCUT2D eigenvalue weighted by atomic mass is 127. The first-order valence-corrected chi connectivity index (χ1v) is 6.00. The van der Waals surface area contributed by atoms with Crippen molar-refractivity contribution in [3.63, 3.8) is 0 Å². The van der Waals surface area contributed by atoms with Gasteiger partial charge in [0.15, 0.2) is 0 Å². The van der Waals surface area contributed by atoms with Crippen LogP contribution >= 0.6 is 22.6 Å². The van der Waals surface area contributed by atoms with Crippen molar-refractivity contribution in [3.8, 4) is 17.6 Å². The predicted octanol–water partition coefficient (Wildman–Crippen LogP) is 3.54. The number of nitriles is 1. The minimum atomic E-state index is 0.491. The van der Waals surface area contributed by atoms with Gasteiger partial charge in [0.2, 0.25) is 0 Å². The molecule has 0 aliphatic carbocycles. The molecule has 0 unspecified atom stereocenters. The molecular formula is C13H9IN2O. The first-order valence-electron chi connectivity index (χ1n) is 4.92. The molecule has 0 fully saturated rings. The van der Waals surface area contributed by atoms with Crippen LogP contribution in [0, 0.1) is 14.9 Å². The van der Waals surface area contributed by atoms with E-state index in [-0.39, 0.29) is 0 Å². The Balaban J connectivity index is 2.35. The van der Waals surface area contributed by atoms with E-state index in [2.05, 4.69) is 28.7 Å². The van der Waals surface area contributed by atoms with Crippen LogP contribution in [0.25, 0.3) is 0 Å². The second kappa shape index (κ2) is 5.06. The lowest BCUT2D eigenvalue weighted by atomic mass is 10.2. The Morgan fingerprint density at radius 3 is 2.59 bits per heavy atom. The molecule has 0 amide bonds. The molecule has 84 valence electrons. The Kier molecular flexibility index (Phi) is 3.49. The van der Waals surface area contributed by atoms with Crippen molar-refractivity contribution in [1.29, 1.82) is 5.26 Å². The number of nitrogen functional groups attached to an aromatic ring is 1. The summed E-state index contributed by atoms with van der Waals surface area (Å²) in [5, 5.41) is 8.95. The molecule has 4 heteroatoms. The largest absolute Gasteiger partial charge is 0.454 e. The SMILES string of the molecule is N#Cc1ccccc1Oc1ccc(I)cc1N. The maximum atomic E-state index is 8.95. The number of hydrogen-bond acceptors (Lipinski definition) is 3. The number of ether oxygens (including phenoxy) is 1. The lowest BCUT2D eigenvalue weighted by Gasteiger charge is -2.09. The molecule has 0 aliphatic heterocycles. The van der Waals surface area contributed by atoms with E-state index in [0.29, 0.717) is 22.7 Å².